The summed E-state index contributed by atoms with van der Waals surface area (Å²) in [5.41, 5.74) is 0. The van der Waals surface area contributed by atoms with Gasteiger partial charge in [-0.25, -0.2) is 0 Å². The van der Waals surface area contributed by atoms with Crippen LogP contribution < -0.4 is 0 Å². The molecule has 6 heteroatoms. The van der Waals surface area contributed by atoms with E-state index in [9.17, 15) is 14.4 Å². The van der Waals surface area contributed by atoms with E-state index >= 15 is 0 Å². The van der Waals surface area contributed by atoms with Crippen LogP contribution in [0.15, 0.2) is 0 Å². The summed E-state index contributed by atoms with van der Waals surface area (Å²) < 4.78 is 16.8. The third-order valence-corrected chi connectivity index (χ3v) is 11.8. The van der Waals surface area contributed by atoms with Crippen LogP contribution in [-0.2, 0) is 28.6 Å². The number of hydrogen-bond donors (Lipinski definition) is 0. The molecule has 0 saturated heterocycles. The number of carbonyl (C=O) groups is 3. The second-order valence-corrected chi connectivity index (χ2v) is 18.2. The summed E-state index contributed by atoms with van der Waals surface area (Å²) in [6.45, 7) is 11.3. The van der Waals surface area contributed by atoms with Crippen molar-refractivity contribution in [3.8, 4) is 0 Å². The van der Waals surface area contributed by atoms with Gasteiger partial charge in [-0.3, -0.25) is 14.4 Å². The largest absolute Gasteiger partial charge is 0.462 e. The van der Waals surface area contributed by atoms with Crippen LogP contribution in [0.3, 0.4) is 0 Å². The molecule has 0 heterocycles. The Kier molecular flexibility index (Phi) is 42.7. The Labute approximate surface area is 355 Å². The number of ether oxygens (including phenoxy) is 3. The molecule has 0 spiro atoms. The molecule has 0 radical (unpaired) electrons. The zero-order valence-electron chi connectivity index (χ0n) is 39.0. The van der Waals surface area contributed by atoms with E-state index in [4.69, 9.17) is 14.2 Å². The minimum atomic E-state index is -0.761. The van der Waals surface area contributed by atoms with E-state index in [1.807, 2.05) is 0 Å². The van der Waals surface area contributed by atoms with Crippen molar-refractivity contribution in [3.05, 3.63) is 0 Å². The lowest BCUT2D eigenvalue weighted by Gasteiger charge is -2.18. The van der Waals surface area contributed by atoms with Crippen LogP contribution in [0.5, 0.6) is 0 Å². The highest BCUT2D eigenvalue weighted by molar-refractivity contribution is 5.71. The van der Waals surface area contributed by atoms with Gasteiger partial charge >= 0.3 is 17.9 Å². The van der Waals surface area contributed by atoms with Crippen molar-refractivity contribution in [2.45, 2.75) is 285 Å². The van der Waals surface area contributed by atoms with Gasteiger partial charge in [-0.05, 0) is 31.1 Å². The smallest absolute Gasteiger partial charge is 0.306 e. The van der Waals surface area contributed by atoms with Gasteiger partial charge in [0.15, 0.2) is 6.10 Å². The van der Waals surface area contributed by atoms with Crippen LogP contribution >= 0.6 is 0 Å². The number of hydrogen-bond acceptors (Lipinski definition) is 6. The van der Waals surface area contributed by atoms with Crippen LogP contribution in [0.1, 0.15) is 279 Å². The summed E-state index contributed by atoms with van der Waals surface area (Å²) in [5, 5.41) is 0. The normalized spacial score (nSPS) is 12.5. The van der Waals surface area contributed by atoms with Crippen LogP contribution in [0.25, 0.3) is 0 Å². The zero-order chi connectivity index (χ0) is 41.9. The Balaban J connectivity index is 4.25. The number of esters is 3. The molecular weight excluding hydrogens is 709 g/mol. The number of unbranched alkanes of at least 4 members (excludes halogenated alkanes) is 29. The fourth-order valence-corrected chi connectivity index (χ4v) is 7.60. The van der Waals surface area contributed by atoms with E-state index < -0.39 is 6.10 Å². The second-order valence-electron chi connectivity index (χ2n) is 18.2. The Morgan fingerprint density at radius 3 is 1.00 bits per heavy atom. The highest BCUT2D eigenvalue weighted by atomic mass is 16.6. The van der Waals surface area contributed by atoms with Gasteiger partial charge in [-0.1, -0.05) is 240 Å². The lowest BCUT2D eigenvalue weighted by molar-refractivity contribution is -0.167. The molecule has 0 aromatic heterocycles. The van der Waals surface area contributed by atoms with Gasteiger partial charge in [0.2, 0.25) is 0 Å². The molecule has 0 bridgehead atoms. The van der Waals surface area contributed by atoms with E-state index in [2.05, 4.69) is 34.6 Å². The zero-order valence-corrected chi connectivity index (χ0v) is 39.0. The maximum atomic E-state index is 12.7. The topological polar surface area (TPSA) is 78.9 Å². The van der Waals surface area contributed by atoms with Gasteiger partial charge in [0, 0.05) is 19.3 Å². The molecule has 0 fully saturated rings. The SMILES string of the molecule is CCCCCCCCCCCCCC(=O)O[C@@H](COC(=O)CCCCCCCCCCCCCCCCCC(C)C)COC(=O)CCCCCCCCC(C)CC. The van der Waals surface area contributed by atoms with Gasteiger partial charge in [-0.15, -0.1) is 0 Å². The van der Waals surface area contributed by atoms with Gasteiger partial charge in [0.1, 0.15) is 13.2 Å². The molecule has 0 aromatic carbocycles. The molecule has 6 nitrogen and oxygen atoms in total. The van der Waals surface area contributed by atoms with Crippen LogP contribution in [0.4, 0.5) is 0 Å². The Hall–Kier alpha value is -1.59. The third kappa shape index (κ3) is 43.8. The first kappa shape index (κ1) is 55.4. The summed E-state index contributed by atoms with van der Waals surface area (Å²) in [4.78, 5) is 37.8. The number of carbonyl (C=O) groups excluding carboxylic acids is 3. The lowest BCUT2D eigenvalue weighted by Crippen LogP contribution is -2.30. The molecule has 0 aliphatic carbocycles. The molecule has 0 N–H and O–H groups in total. The second kappa shape index (κ2) is 44.0. The molecule has 0 aromatic rings. The summed E-state index contributed by atoms with van der Waals surface area (Å²) in [6.07, 6.45) is 43.8. The molecular formula is C51H98O6. The first-order chi connectivity index (χ1) is 27.8. The van der Waals surface area contributed by atoms with E-state index in [1.165, 1.54) is 167 Å². The molecule has 0 rings (SSSR count). The molecule has 0 saturated carbocycles. The van der Waals surface area contributed by atoms with Gasteiger partial charge in [-0.2, -0.15) is 0 Å². The summed E-state index contributed by atoms with van der Waals surface area (Å²) in [6, 6.07) is 0. The van der Waals surface area contributed by atoms with Crippen molar-refractivity contribution in [1.82, 2.24) is 0 Å². The Morgan fingerprint density at radius 2 is 0.667 bits per heavy atom. The molecule has 1 unspecified atom stereocenters. The van der Waals surface area contributed by atoms with Crippen molar-refractivity contribution < 1.29 is 28.6 Å². The molecule has 338 valence electrons. The van der Waals surface area contributed by atoms with E-state index in [-0.39, 0.29) is 31.1 Å². The first-order valence-corrected chi connectivity index (χ1v) is 25.3. The maximum absolute atomic E-state index is 12.7. The first-order valence-electron chi connectivity index (χ1n) is 25.3. The van der Waals surface area contributed by atoms with Crippen molar-refractivity contribution in [2.75, 3.05) is 13.2 Å². The van der Waals surface area contributed by atoms with Gasteiger partial charge in [0.25, 0.3) is 0 Å². The quantitative estimate of drug-likeness (QED) is 0.0346. The average molecular weight is 807 g/mol. The minimum Gasteiger partial charge on any atom is -0.462 e. The summed E-state index contributed by atoms with van der Waals surface area (Å²) >= 11 is 0. The molecule has 0 aliphatic rings. The maximum Gasteiger partial charge on any atom is 0.306 e. The Morgan fingerprint density at radius 1 is 0.368 bits per heavy atom. The van der Waals surface area contributed by atoms with Crippen LogP contribution in [0, 0.1) is 11.8 Å². The average Bonchev–Trinajstić information content (AvgIpc) is 3.19. The monoisotopic (exact) mass is 807 g/mol. The van der Waals surface area contributed by atoms with Crippen LogP contribution in [-0.4, -0.2) is 37.2 Å². The van der Waals surface area contributed by atoms with E-state index in [1.54, 1.807) is 0 Å². The fourth-order valence-electron chi connectivity index (χ4n) is 7.60. The predicted octanol–water partition coefficient (Wildman–Crippen LogP) is 16.1. The van der Waals surface area contributed by atoms with Crippen molar-refractivity contribution in [3.63, 3.8) is 0 Å². The van der Waals surface area contributed by atoms with Gasteiger partial charge in [0.05, 0.1) is 0 Å². The number of rotatable bonds is 45. The third-order valence-electron chi connectivity index (χ3n) is 11.8. The lowest BCUT2D eigenvalue weighted by atomic mass is 10.00. The molecule has 0 aliphatic heterocycles. The Bertz CT molecular complexity index is 872. The summed E-state index contributed by atoms with van der Waals surface area (Å²) in [5.74, 6) is 0.810. The van der Waals surface area contributed by atoms with Crippen LogP contribution in [0.2, 0.25) is 0 Å². The van der Waals surface area contributed by atoms with Crippen molar-refractivity contribution in [1.29, 1.82) is 0 Å². The summed E-state index contributed by atoms with van der Waals surface area (Å²) in [7, 11) is 0. The van der Waals surface area contributed by atoms with Gasteiger partial charge < -0.3 is 14.2 Å². The predicted molar refractivity (Wildman–Crippen MR) is 243 cm³/mol. The van der Waals surface area contributed by atoms with Crippen molar-refractivity contribution >= 4 is 17.9 Å². The minimum absolute atomic E-state index is 0.0644. The standard InChI is InChI=1S/C51H98O6/c1-6-8-9-10-11-12-18-23-26-33-38-43-51(54)57-48(45-56-50(53)42-37-32-28-27-30-35-40-47(5)7-2)44-55-49(52)41-36-31-25-22-20-17-15-13-14-16-19-21-24-29-34-39-46(3)4/h46-48H,6-45H2,1-5H3/t47?,48-/m0/s1. The highest BCUT2D eigenvalue weighted by Crippen LogP contribution is 2.17. The molecule has 57 heavy (non-hydrogen) atoms. The van der Waals surface area contributed by atoms with Crippen molar-refractivity contribution in [2.24, 2.45) is 11.8 Å². The molecule has 2 atom stereocenters. The fraction of sp³-hybridized carbons (Fsp3) is 0.941. The van der Waals surface area contributed by atoms with E-state index in [0.29, 0.717) is 19.3 Å². The highest BCUT2D eigenvalue weighted by Gasteiger charge is 2.19. The molecule has 0 amide bonds. The van der Waals surface area contributed by atoms with E-state index in [0.717, 1.165) is 69.6 Å².